The lowest BCUT2D eigenvalue weighted by Gasteiger charge is -2.36. The Hall–Kier alpha value is -4.37. The van der Waals surface area contributed by atoms with E-state index in [4.69, 9.17) is 11.6 Å². The van der Waals surface area contributed by atoms with E-state index in [0.29, 0.717) is 48.6 Å². The number of rotatable bonds is 9. The van der Waals surface area contributed by atoms with E-state index < -0.39 is 11.2 Å². The molecule has 0 aliphatic carbocycles. The second kappa shape index (κ2) is 12.9. The van der Waals surface area contributed by atoms with E-state index in [0.717, 1.165) is 15.8 Å². The minimum absolute atomic E-state index is 0.0615. The Morgan fingerprint density at radius 3 is 2.24 bits per heavy atom. The van der Waals surface area contributed by atoms with Gasteiger partial charge in [-0.25, -0.2) is 4.79 Å². The van der Waals surface area contributed by atoms with Crippen molar-refractivity contribution in [3.05, 3.63) is 110 Å². The number of piperazine rings is 1. The van der Waals surface area contributed by atoms with Crippen LogP contribution in [-0.2, 0) is 29.2 Å². The molecular formula is C31H32ClN5O4. The molecule has 3 aromatic carbocycles. The van der Waals surface area contributed by atoms with Gasteiger partial charge in [-0.3, -0.25) is 23.5 Å². The molecule has 2 amide bonds. The fourth-order valence-electron chi connectivity index (χ4n) is 5.13. The van der Waals surface area contributed by atoms with Gasteiger partial charge >= 0.3 is 5.69 Å². The zero-order valence-electron chi connectivity index (χ0n) is 22.7. The van der Waals surface area contributed by atoms with Crippen LogP contribution in [0.25, 0.3) is 10.9 Å². The quantitative estimate of drug-likeness (QED) is 0.332. The SMILES string of the molecule is O=C(CCCn1c(=O)c2ccccc2n(CC(=O)N2CCN(c3ccccc3)CC2)c1=O)NCc1ccccc1Cl. The molecule has 41 heavy (non-hydrogen) atoms. The minimum atomic E-state index is -0.554. The third-order valence-electron chi connectivity index (χ3n) is 7.40. The normalized spacial score (nSPS) is 13.4. The van der Waals surface area contributed by atoms with Crippen molar-refractivity contribution in [1.82, 2.24) is 19.4 Å². The maximum atomic E-state index is 13.5. The molecule has 0 unspecified atom stereocenters. The number of carbonyl (C=O) groups excluding carboxylic acids is 2. The Labute approximate surface area is 242 Å². The van der Waals surface area contributed by atoms with Crippen LogP contribution in [0.1, 0.15) is 18.4 Å². The highest BCUT2D eigenvalue weighted by atomic mass is 35.5. The highest BCUT2D eigenvalue weighted by Gasteiger charge is 2.23. The molecule has 0 atom stereocenters. The average molecular weight is 574 g/mol. The van der Waals surface area contributed by atoms with Gasteiger partial charge in [-0.15, -0.1) is 0 Å². The van der Waals surface area contributed by atoms with E-state index in [1.54, 1.807) is 35.2 Å². The first-order chi connectivity index (χ1) is 19.9. The Morgan fingerprint density at radius 1 is 0.805 bits per heavy atom. The summed E-state index contributed by atoms with van der Waals surface area (Å²) in [7, 11) is 0. The lowest BCUT2D eigenvalue weighted by atomic mass is 10.2. The van der Waals surface area contributed by atoms with E-state index in [1.807, 2.05) is 36.4 Å². The summed E-state index contributed by atoms with van der Waals surface area (Å²) in [6.07, 6.45) is 0.422. The van der Waals surface area contributed by atoms with Crippen molar-refractivity contribution in [1.29, 1.82) is 0 Å². The van der Waals surface area contributed by atoms with Crippen LogP contribution in [0.3, 0.4) is 0 Å². The van der Waals surface area contributed by atoms with Gasteiger partial charge in [0.05, 0.1) is 10.9 Å². The van der Waals surface area contributed by atoms with Gasteiger partial charge in [0, 0.05) is 56.4 Å². The molecule has 1 N–H and O–H groups in total. The fourth-order valence-corrected chi connectivity index (χ4v) is 5.33. The van der Waals surface area contributed by atoms with Gasteiger partial charge in [-0.05, 0) is 42.3 Å². The first kappa shape index (κ1) is 28.2. The van der Waals surface area contributed by atoms with Crippen molar-refractivity contribution in [2.75, 3.05) is 31.1 Å². The lowest BCUT2D eigenvalue weighted by molar-refractivity contribution is -0.132. The molecule has 4 aromatic rings. The van der Waals surface area contributed by atoms with Gasteiger partial charge in [0.1, 0.15) is 6.54 Å². The van der Waals surface area contributed by atoms with Crippen LogP contribution in [0, 0.1) is 0 Å². The third kappa shape index (κ3) is 6.52. The summed E-state index contributed by atoms with van der Waals surface area (Å²) in [5.41, 5.74) is 1.37. The van der Waals surface area contributed by atoms with Crippen LogP contribution in [0.4, 0.5) is 5.69 Å². The Bertz CT molecular complexity index is 1660. The molecular weight excluding hydrogens is 542 g/mol. The number of halogens is 1. The van der Waals surface area contributed by atoms with Crippen molar-refractivity contribution in [3.8, 4) is 0 Å². The second-order valence-electron chi connectivity index (χ2n) is 10.0. The number of benzene rings is 3. The molecule has 1 aliphatic heterocycles. The fraction of sp³-hybridized carbons (Fsp3) is 0.290. The van der Waals surface area contributed by atoms with Crippen LogP contribution in [0.2, 0.25) is 5.02 Å². The first-order valence-electron chi connectivity index (χ1n) is 13.7. The second-order valence-corrected chi connectivity index (χ2v) is 10.4. The number of carbonyl (C=O) groups is 2. The molecule has 0 saturated carbocycles. The number of hydrogen-bond donors (Lipinski definition) is 1. The summed E-state index contributed by atoms with van der Waals surface area (Å²) in [4.78, 5) is 56.5. The molecule has 9 nitrogen and oxygen atoms in total. The number of fused-ring (bicyclic) bond motifs is 1. The lowest BCUT2D eigenvalue weighted by Crippen LogP contribution is -2.50. The van der Waals surface area contributed by atoms with Crippen molar-refractivity contribution in [3.63, 3.8) is 0 Å². The molecule has 1 aliphatic rings. The summed E-state index contributed by atoms with van der Waals surface area (Å²) in [5.74, 6) is -0.377. The Morgan fingerprint density at radius 2 is 1.49 bits per heavy atom. The highest BCUT2D eigenvalue weighted by molar-refractivity contribution is 6.31. The standard InChI is InChI=1S/C31H32ClN5O4/c32-26-13-6-4-9-23(26)21-33-28(38)15-8-16-36-30(40)25-12-5-7-14-27(25)37(31(36)41)22-29(39)35-19-17-34(18-20-35)24-10-2-1-3-11-24/h1-7,9-14H,8,15-22H2,(H,33,38). The number of anilines is 1. The summed E-state index contributed by atoms with van der Waals surface area (Å²) in [6.45, 7) is 2.68. The molecule has 0 spiro atoms. The molecule has 0 radical (unpaired) electrons. The molecule has 1 saturated heterocycles. The number of amides is 2. The van der Waals surface area contributed by atoms with Crippen LogP contribution in [0.15, 0.2) is 88.5 Å². The smallest absolute Gasteiger partial charge is 0.331 e. The van der Waals surface area contributed by atoms with E-state index in [-0.39, 0.29) is 37.7 Å². The van der Waals surface area contributed by atoms with E-state index in [2.05, 4.69) is 22.3 Å². The third-order valence-corrected chi connectivity index (χ3v) is 7.77. The van der Waals surface area contributed by atoms with Gasteiger partial charge in [-0.1, -0.05) is 60.1 Å². The number of aromatic nitrogens is 2. The maximum absolute atomic E-state index is 13.5. The zero-order valence-corrected chi connectivity index (χ0v) is 23.4. The van der Waals surface area contributed by atoms with Crippen molar-refractivity contribution in [2.45, 2.75) is 32.5 Å². The highest BCUT2D eigenvalue weighted by Crippen LogP contribution is 2.17. The van der Waals surface area contributed by atoms with Gasteiger partial charge in [0.15, 0.2) is 0 Å². The number of hydrogen-bond acceptors (Lipinski definition) is 5. The van der Waals surface area contributed by atoms with Crippen LogP contribution in [0.5, 0.6) is 0 Å². The van der Waals surface area contributed by atoms with Crippen LogP contribution < -0.4 is 21.5 Å². The summed E-state index contributed by atoms with van der Waals surface area (Å²) < 4.78 is 2.50. The molecule has 2 heterocycles. The van der Waals surface area contributed by atoms with E-state index >= 15 is 0 Å². The van der Waals surface area contributed by atoms with Gasteiger partial charge in [0.2, 0.25) is 11.8 Å². The zero-order chi connectivity index (χ0) is 28.8. The molecule has 212 valence electrons. The van der Waals surface area contributed by atoms with Gasteiger partial charge < -0.3 is 15.1 Å². The predicted octanol–water partition coefficient (Wildman–Crippen LogP) is 3.26. The topological polar surface area (TPSA) is 96.7 Å². The number of para-hydroxylation sites is 2. The van der Waals surface area contributed by atoms with Crippen LogP contribution >= 0.6 is 11.6 Å². The molecule has 0 bridgehead atoms. The number of nitrogens with one attached hydrogen (secondary N) is 1. The molecule has 1 aromatic heterocycles. The molecule has 10 heteroatoms. The summed E-state index contributed by atoms with van der Waals surface area (Å²) >= 11 is 6.15. The van der Waals surface area contributed by atoms with Gasteiger partial charge in [0.25, 0.3) is 5.56 Å². The average Bonchev–Trinajstić information content (AvgIpc) is 3.01. The van der Waals surface area contributed by atoms with E-state index in [9.17, 15) is 19.2 Å². The Balaban J connectivity index is 1.26. The maximum Gasteiger partial charge on any atom is 0.331 e. The van der Waals surface area contributed by atoms with Crippen molar-refractivity contribution < 1.29 is 9.59 Å². The first-order valence-corrected chi connectivity index (χ1v) is 14.1. The van der Waals surface area contributed by atoms with Crippen molar-refractivity contribution in [2.24, 2.45) is 0 Å². The Kier molecular flexibility index (Phi) is 8.84. The number of nitrogens with zero attached hydrogens (tertiary/aromatic N) is 4. The monoisotopic (exact) mass is 573 g/mol. The van der Waals surface area contributed by atoms with E-state index in [1.165, 1.54) is 4.57 Å². The minimum Gasteiger partial charge on any atom is -0.368 e. The van der Waals surface area contributed by atoms with Crippen LogP contribution in [-0.4, -0.2) is 52.0 Å². The summed E-state index contributed by atoms with van der Waals surface area (Å²) in [6, 6.07) is 24.1. The summed E-state index contributed by atoms with van der Waals surface area (Å²) in [5, 5.41) is 3.76. The largest absolute Gasteiger partial charge is 0.368 e. The molecule has 5 rings (SSSR count). The van der Waals surface area contributed by atoms with Gasteiger partial charge in [-0.2, -0.15) is 0 Å². The molecule has 1 fully saturated rings. The van der Waals surface area contributed by atoms with Crippen molar-refractivity contribution >= 4 is 40.0 Å². The predicted molar refractivity (Wildman–Crippen MR) is 160 cm³/mol.